The molecule has 0 spiro atoms. The Morgan fingerprint density at radius 1 is 1.50 bits per heavy atom. The Bertz CT molecular complexity index is 357. The third-order valence-electron chi connectivity index (χ3n) is 2.71. The maximum Gasteiger partial charge on any atom is 0.0615 e. The average Bonchev–Trinajstić information content (AvgIpc) is 2.57. The largest absolute Gasteiger partial charge is 0.392 e. The van der Waals surface area contributed by atoms with Crippen molar-refractivity contribution >= 4 is 6.08 Å². The Morgan fingerprint density at radius 2 is 2.36 bits per heavy atom. The highest BCUT2D eigenvalue weighted by Gasteiger charge is 2.18. The van der Waals surface area contributed by atoms with E-state index in [4.69, 9.17) is 10.8 Å². The van der Waals surface area contributed by atoms with Crippen LogP contribution in [0.25, 0.3) is 6.08 Å². The lowest BCUT2D eigenvalue weighted by Gasteiger charge is -2.04. The van der Waals surface area contributed by atoms with Crippen molar-refractivity contribution in [2.45, 2.75) is 18.9 Å². The predicted molar refractivity (Wildman–Crippen MR) is 57.8 cm³/mol. The fourth-order valence-corrected chi connectivity index (χ4v) is 1.96. The number of fused-ring (bicyclic) bond motifs is 1. The third kappa shape index (κ3) is 1.72. The van der Waals surface area contributed by atoms with Gasteiger partial charge < -0.3 is 10.8 Å². The van der Waals surface area contributed by atoms with E-state index in [-0.39, 0.29) is 12.6 Å². The van der Waals surface area contributed by atoms with Crippen LogP contribution in [-0.2, 0) is 6.42 Å². The number of rotatable bonds is 2. The molecule has 0 saturated carbocycles. The van der Waals surface area contributed by atoms with Crippen LogP contribution in [0.15, 0.2) is 24.3 Å². The molecule has 1 aliphatic carbocycles. The first-order chi connectivity index (χ1) is 6.81. The van der Waals surface area contributed by atoms with E-state index in [1.165, 1.54) is 11.1 Å². The summed E-state index contributed by atoms with van der Waals surface area (Å²) in [6.07, 6.45) is 5.82. The Balaban J connectivity index is 2.28. The van der Waals surface area contributed by atoms with Gasteiger partial charge in [-0.05, 0) is 29.5 Å². The normalized spacial score (nSPS) is 20.3. The van der Waals surface area contributed by atoms with Crippen molar-refractivity contribution in [3.63, 3.8) is 0 Å². The van der Waals surface area contributed by atoms with Crippen LogP contribution in [0.5, 0.6) is 0 Å². The maximum atomic E-state index is 8.66. The van der Waals surface area contributed by atoms with Gasteiger partial charge in [0, 0.05) is 6.04 Å². The van der Waals surface area contributed by atoms with Crippen LogP contribution in [0.4, 0.5) is 0 Å². The van der Waals surface area contributed by atoms with Gasteiger partial charge in [0.15, 0.2) is 0 Å². The minimum atomic E-state index is 0.0938. The highest BCUT2D eigenvalue weighted by molar-refractivity contribution is 5.53. The van der Waals surface area contributed by atoms with E-state index >= 15 is 0 Å². The van der Waals surface area contributed by atoms with E-state index in [0.717, 1.165) is 18.4 Å². The van der Waals surface area contributed by atoms with Crippen LogP contribution in [0.3, 0.4) is 0 Å². The van der Waals surface area contributed by atoms with Gasteiger partial charge >= 0.3 is 0 Å². The summed E-state index contributed by atoms with van der Waals surface area (Å²) < 4.78 is 0. The third-order valence-corrected chi connectivity index (χ3v) is 2.71. The van der Waals surface area contributed by atoms with Crippen LogP contribution in [0.2, 0.25) is 0 Å². The van der Waals surface area contributed by atoms with E-state index < -0.39 is 0 Å². The van der Waals surface area contributed by atoms with Gasteiger partial charge in [-0.2, -0.15) is 0 Å². The summed E-state index contributed by atoms with van der Waals surface area (Å²) in [5.74, 6) is 0. The second-order valence-corrected chi connectivity index (χ2v) is 3.69. The highest BCUT2D eigenvalue weighted by Crippen LogP contribution is 2.29. The van der Waals surface area contributed by atoms with Crippen LogP contribution >= 0.6 is 0 Å². The molecule has 1 aliphatic rings. The summed E-state index contributed by atoms with van der Waals surface area (Å²) in [6, 6.07) is 6.54. The first kappa shape index (κ1) is 9.44. The lowest BCUT2D eigenvalue weighted by molar-refractivity contribution is 0.343. The molecule has 0 aliphatic heterocycles. The van der Waals surface area contributed by atoms with Crippen LogP contribution in [0.1, 0.15) is 29.2 Å². The van der Waals surface area contributed by atoms with Gasteiger partial charge in [0.2, 0.25) is 0 Å². The Morgan fingerprint density at radius 3 is 3.14 bits per heavy atom. The van der Waals surface area contributed by atoms with E-state index in [1.807, 2.05) is 6.08 Å². The predicted octanol–water partition coefficient (Wildman–Crippen LogP) is 1.64. The number of aryl methyl sites for hydroxylation is 1. The molecule has 74 valence electrons. The van der Waals surface area contributed by atoms with Gasteiger partial charge in [0.05, 0.1) is 6.61 Å². The fraction of sp³-hybridized carbons (Fsp3) is 0.333. The van der Waals surface area contributed by atoms with Crippen molar-refractivity contribution < 1.29 is 5.11 Å². The first-order valence-electron chi connectivity index (χ1n) is 4.97. The molecular weight excluding hydrogens is 174 g/mol. The second kappa shape index (κ2) is 3.95. The van der Waals surface area contributed by atoms with Gasteiger partial charge in [-0.1, -0.05) is 30.4 Å². The van der Waals surface area contributed by atoms with Gasteiger partial charge in [0.1, 0.15) is 0 Å². The van der Waals surface area contributed by atoms with Crippen molar-refractivity contribution in [1.29, 1.82) is 0 Å². The molecule has 0 bridgehead atoms. The van der Waals surface area contributed by atoms with Crippen molar-refractivity contribution in [3.05, 3.63) is 41.0 Å². The summed E-state index contributed by atoms with van der Waals surface area (Å²) in [5.41, 5.74) is 9.73. The molecule has 3 N–H and O–H groups in total. The highest BCUT2D eigenvalue weighted by atomic mass is 16.2. The molecule has 1 aromatic carbocycles. The minimum Gasteiger partial charge on any atom is -0.392 e. The molecule has 1 unspecified atom stereocenters. The number of benzene rings is 1. The van der Waals surface area contributed by atoms with E-state index in [0.29, 0.717) is 0 Å². The molecule has 0 amide bonds. The van der Waals surface area contributed by atoms with E-state index in [2.05, 4.69) is 18.2 Å². The lowest BCUT2D eigenvalue weighted by Crippen LogP contribution is -2.04. The van der Waals surface area contributed by atoms with E-state index in [1.54, 1.807) is 6.08 Å². The van der Waals surface area contributed by atoms with Gasteiger partial charge in [0.25, 0.3) is 0 Å². The molecule has 2 rings (SSSR count). The standard InChI is InChI=1S/C12H15NO/c13-12-6-4-10-8-9(2-1-7-14)3-5-11(10)12/h1-3,5,8,12,14H,4,6-7,13H2/b2-1+. The number of hydrogen-bond acceptors (Lipinski definition) is 2. The number of nitrogens with two attached hydrogens (primary N) is 1. The van der Waals surface area contributed by atoms with Gasteiger partial charge in [-0.15, -0.1) is 0 Å². The fourth-order valence-electron chi connectivity index (χ4n) is 1.96. The molecule has 2 nitrogen and oxygen atoms in total. The zero-order valence-corrected chi connectivity index (χ0v) is 8.11. The Kier molecular flexibility index (Phi) is 2.66. The number of aliphatic hydroxyl groups excluding tert-OH is 1. The molecular formula is C12H15NO. The van der Waals surface area contributed by atoms with Crippen LogP contribution < -0.4 is 5.73 Å². The molecule has 14 heavy (non-hydrogen) atoms. The maximum absolute atomic E-state index is 8.66. The van der Waals surface area contributed by atoms with Crippen LogP contribution in [0, 0.1) is 0 Å². The van der Waals surface area contributed by atoms with Crippen molar-refractivity contribution in [3.8, 4) is 0 Å². The van der Waals surface area contributed by atoms with Crippen molar-refractivity contribution in [1.82, 2.24) is 0 Å². The molecule has 2 heteroatoms. The first-order valence-corrected chi connectivity index (χ1v) is 4.97. The summed E-state index contributed by atoms with van der Waals surface area (Å²) in [6.45, 7) is 0.0938. The molecule has 1 atom stereocenters. The number of hydrogen-bond donors (Lipinski definition) is 2. The van der Waals surface area contributed by atoms with Crippen molar-refractivity contribution in [2.75, 3.05) is 6.61 Å². The summed E-state index contributed by atoms with van der Waals surface area (Å²) in [5, 5.41) is 8.66. The Labute approximate surface area is 84.1 Å². The molecule has 0 heterocycles. The molecule has 1 aromatic rings. The van der Waals surface area contributed by atoms with Gasteiger partial charge in [-0.25, -0.2) is 0 Å². The average molecular weight is 189 g/mol. The number of aliphatic hydroxyl groups is 1. The smallest absolute Gasteiger partial charge is 0.0615 e. The van der Waals surface area contributed by atoms with Crippen molar-refractivity contribution in [2.24, 2.45) is 5.73 Å². The SMILES string of the molecule is NC1CCc2cc(/C=C/CO)ccc21. The molecule has 0 aromatic heterocycles. The second-order valence-electron chi connectivity index (χ2n) is 3.69. The van der Waals surface area contributed by atoms with Gasteiger partial charge in [-0.3, -0.25) is 0 Å². The summed E-state index contributed by atoms with van der Waals surface area (Å²) >= 11 is 0. The summed E-state index contributed by atoms with van der Waals surface area (Å²) in [7, 11) is 0. The molecule has 0 fully saturated rings. The zero-order chi connectivity index (χ0) is 9.97. The van der Waals surface area contributed by atoms with E-state index in [9.17, 15) is 0 Å². The topological polar surface area (TPSA) is 46.2 Å². The van der Waals surface area contributed by atoms with Crippen LogP contribution in [-0.4, -0.2) is 11.7 Å². The molecule has 0 saturated heterocycles. The zero-order valence-electron chi connectivity index (χ0n) is 8.11. The summed E-state index contributed by atoms with van der Waals surface area (Å²) in [4.78, 5) is 0. The quantitative estimate of drug-likeness (QED) is 0.743. The monoisotopic (exact) mass is 189 g/mol. The minimum absolute atomic E-state index is 0.0938. The molecule has 0 radical (unpaired) electrons. The lowest BCUT2D eigenvalue weighted by atomic mass is 10.0. The Hall–Kier alpha value is -1.12.